The lowest BCUT2D eigenvalue weighted by Gasteiger charge is -1.98. The van der Waals surface area contributed by atoms with E-state index in [9.17, 15) is 4.79 Å². The highest BCUT2D eigenvalue weighted by molar-refractivity contribution is 5.90. The number of rotatable bonds is 2. The molecule has 0 bridgehead atoms. The van der Waals surface area contributed by atoms with E-state index in [0.717, 1.165) is 5.56 Å². The summed E-state index contributed by atoms with van der Waals surface area (Å²) in [6.45, 7) is 0. The molecule has 1 aromatic rings. The maximum atomic E-state index is 11.0. The third kappa shape index (κ3) is 2.30. The second kappa shape index (κ2) is 4.25. The van der Waals surface area contributed by atoms with Crippen LogP contribution in [-0.2, 0) is 4.74 Å². The fourth-order valence-electron chi connectivity index (χ4n) is 0.890. The van der Waals surface area contributed by atoms with Gasteiger partial charge in [-0.05, 0) is 17.7 Å². The SMILES string of the molecule is COC(=O)c1ccc(/C=N\O)cc1. The Bertz CT molecular complexity index is 316. The summed E-state index contributed by atoms with van der Waals surface area (Å²) in [7, 11) is 1.32. The summed E-state index contributed by atoms with van der Waals surface area (Å²) < 4.78 is 4.51. The lowest BCUT2D eigenvalue weighted by atomic mass is 10.1. The Labute approximate surface area is 75.4 Å². The third-order valence-corrected chi connectivity index (χ3v) is 1.54. The molecule has 1 N–H and O–H groups in total. The van der Waals surface area contributed by atoms with Crippen LogP contribution in [0.3, 0.4) is 0 Å². The normalized spacial score (nSPS) is 10.2. The quantitative estimate of drug-likeness (QED) is 0.322. The van der Waals surface area contributed by atoms with Crippen molar-refractivity contribution in [2.75, 3.05) is 7.11 Å². The van der Waals surface area contributed by atoms with E-state index in [4.69, 9.17) is 5.21 Å². The molecular weight excluding hydrogens is 170 g/mol. The first-order chi connectivity index (χ1) is 6.27. The van der Waals surface area contributed by atoms with E-state index in [1.807, 2.05) is 0 Å². The summed E-state index contributed by atoms with van der Waals surface area (Å²) >= 11 is 0. The monoisotopic (exact) mass is 179 g/mol. The van der Waals surface area contributed by atoms with Crippen LogP contribution in [0.25, 0.3) is 0 Å². The van der Waals surface area contributed by atoms with E-state index in [0.29, 0.717) is 5.56 Å². The summed E-state index contributed by atoms with van der Waals surface area (Å²) in [4.78, 5) is 11.0. The zero-order chi connectivity index (χ0) is 9.68. The van der Waals surface area contributed by atoms with E-state index in [1.165, 1.54) is 13.3 Å². The van der Waals surface area contributed by atoms with Crippen molar-refractivity contribution < 1.29 is 14.7 Å². The Morgan fingerprint density at radius 2 is 2.08 bits per heavy atom. The number of ether oxygens (including phenoxy) is 1. The molecule has 13 heavy (non-hydrogen) atoms. The number of hydrogen-bond acceptors (Lipinski definition) is 4. The number of hydrogen-bond donors (Lipinski definition) is 1. The molecule has 1 aromatic carbocycles. The van der Waals surface area contributed by atoms with Crippen LogP contribution < -0.4 is 0 Å². The number of oxime groups is 1. The zero-order valence-electron chi connectivity index (χ0n) is 7.10. The maximum absolute atomic E-state index is 11.0. The minimum Gasteiger partial charge on any atom is -0.465 e. The molecule has 0 aliphatic heterocycles. The fraction of sp³-hybridized carbons (Fsp3) is 0.111. The first-order valence-electron chi connectivity index (χ1n) is 3.63. The van der Waals surface area contributed by atoms with Gasteiger partial charge in [-0.25, -0.2) is 4.79 Å². The van der Waals surface area contributed by atoms with Gasteiger partial charge in [0.15, 0.2) is 0 Å². The van der Waals surface area contributed by atoms with Crippen molar-refractivity contribution in [1.29, 1.82) is 0 Å². The van der Waals surface area contributed by atoms with Crippen molar-refractivity contribution in [3.05, 3.63) is 35.4 Å². The topological polar surface area (TPSA) is 58.9 Å². The van der Waals surface area contributed by atoms with Gasteiger partial charge in [-0.1, -0.05) is 17.3 Å². The van der Waals surface area contributed by atoms with Crippen LogP contribution in [0, 0.1) is 0 Å². The lowest BCUT2D eigenvalue weighted by Crippen LogP contribution is -2.00. The van der Waals surface area contributed by atoms with Gasteiger partial charge in [0.05, 0.1) is 18.9 Å². The minimum absolute atomic E-state index is 0.382. The smallest absolute Gasteiger partial charge is 0.337 e. The summed E-state index contributed by atoms with van der Waals surface area (Å²) in [5, 5.41) is 11.1. The van der Waals surface area contributed by atoms with Gasteiger partial charge in [0.2, 0.25) is 0 Å². The largest absolute Gasteiger partial charge is 0.465 e. The molecule has 0 saturated heterocycles. The van der Waals surface area contributed by atoms with Crippen molar-refractivity contribution in [3.8, 4) is 0 Å². The minimum atomic E-state index is -0.382. The Hall–Kier alpha value is -1.84. The van der Waals surface area contributed by atoms with Gasteiger partial charge in [0.25, 0.3) is 0 Å². The molecule has 0 aliphatic carbocycles. The molecule has 0 aromatic heterocycles. The van der Waals surface area contributed by atoms with Gasteiger partial charge < -0.3 is 9.94 Å². The number of carbonyl (C=O) groups excluding carboxylic acids is 1. The summed E-state index contributed by atoms with van der Waals surface area (Å²) in [5.41, 5.74) is 1.19. The molecule has 0 radical (unpaired) electrons. The van der Waals surface area contributed by atoms with Gasteiger partial charge in [0, 0.05) is 0 Å². The molecule has 0 aliphatic rings. The predicted octanol–water partition coefficient (Wildman–Crippen LogP) is 1.28. The number of nitrogens with zero attached hydrogens (tertiary/aromatic N) is 1. The highest BCUT2D eigenvalue weighted by Crippen LogP contribution is 2.03. The molecule has 0 atom stereocenters. The van der Waals surface area contributed by atoms with Gasteiger partial charge in [-0.3, -0.25) is 0 Å². The highest BCUT2D eigenvalue weighted by Gasteiger charge is 2.02. The Kier molecular flexibility index (Phi) is 3.03. The molecule has 4 nitrogen and oxygen atoms in total. The number of carbonyl (C=O) groups is 1. The van der Waals surface area contributed by atoms with Crippen molar-refractivity contribution in [2.45, 2.75) is 0 Å². The van der Waals surface area contributed by atoms with Crippen LogP contribution in [0.15, 0.2) is 29.4 Å². The zero-order valence-corrected chi connectivity index (χ0v) is 7.10. The number of methoxy groups -OCH3 is 1. The van der Waals surface area contributed by atoms with Crippen LogP contribution in [0.1, 0.15) is 15.9 Å². The molecule has 0 fully saturated rings. The first-order valence-corrected chi connectivity index (χ1v) is 3.63. The molecule has 0 unspecified atom stereocenters. The van der Waals surface area contributed by atoms with Gasteiger partial charge >= 0.3 is 5.97 Å². The van der Waals surface area contributed by atoms with Crippen LogP contribution >= 0.6 is 0 Å². The molecular formula is C9H9NO3. The molecule has 1 rings (SSSR count). The Morgan fingerprint density at radius 3 is 2.54 bits per heavy atom. The van der Waals surface area contributed by atoms with Crippen LogP contribution in [0.5, 0.6) is 0 Å². The predicted molar refractivity (Wildman–Crippen MR) is 47.2 cm³/mol. The van der Waals surface area contributed by atoms with Crippen LogP contribution in [-0.4, -0.2) is 24.5 Å². The summed E-state index contributed by atoms with van der Waals surface area (Å²) in [6.07, 6.45) is 1.28. The van der Waals surface area contributed by atoms with E-state index in [-0.39, 0.29) is 5.97 Å². The Morgan fingerprint density at radius 1 is 1.46 bits per heavy atom. The van der Waals surface area contributed by atoms with Crippen molar-refractivity contribution in [2.24, 2.45) is 5.16 Å². The molecule has 68 valence electrons. The average molecular weight is 179 g/mol. The van der Waals surface area contributed by atoms with E-state index >= 15 is 0 Å². The molecule has 0 spiro atoms. The Balaban J connectivity index is 2.87. The molecule has 0 amide bonds. The fourth-order valence-corrected chi connectivity index (χ4v) is 0.890. The summed E-state index contributed by atoms with van der Waals surface area (Å²) in [5.74, 6) is -0.382. The lowest BCUT2D eigenvalue weighted by molar-refractivity contribution is 0.0601. The molecule has 4 heteroatoms. The van der Waals surface area contributed by atoms with Gasteiger partial charge in [-0.2, -0.15) is 0 Å². The van der Waals surface area contributed by atoms with Gasteiger partial charge in [-0.15, -0.1) is 0 Å². The number of benzene rings is 1. The van der Waals surface area contributed by atoms with E-state index < -0.39 is 0 Å². The highest BCUT2D eigenvalue weighted by atomic mass is 16.5. The van der Waals surface area contributed by atoms with Crippen LogP contribution in [0.4, 0.5) is 0 Å². The second-order valence-corrected chi connectivity index (χ2v) is 2.36. The standard InChI is InChI=1S/C9H9NO3/c1-13-9(11)8-4-2-7(3-5-8)6-10-12/h2-6,12H,1H3/b10-6-. The van der Waals surface area contributed by atoms with E-state index in [2.05, 4.69) is 9.89 Å². The van der Waals surface area contributed by atoms with Crippen LogP contribution in [0.2, 0.25) is 0 Å². The first kappa shape index (κ1) is 9.25. The van der Waals surface area contributed by atoms with Gasteiger partial charge in [0.1, 0.15) is 0 Å². The van der Waals surface area contributed by atoms with Crippen molar-refractivity contribution in [3.63, 3.8) is 0 Å². The third-order valence-electron chi connectivity index (χ3n) is 1.54. The molecule has 0 heterocycles. The van der Waals surface area contributed by atoms with Crippen molar-refractivity contribution in [1.82, 2.24) is 0 Å². The van der Waals surface area contributed by atoms with E-state index in [1.54, 1.807) is 24.3 Å². The second-order valence-electron chi connectivity index (χ2n) is 2.36. The molecule has 0 saturated carbocycles. The average Bonchev–Trinajstić information content (AvgIpc) is 2.18. The number of esters is 1. The summed E-state index contributed by atoms with van der Waals surface area (Å²) in [6, 6.07) is 6.52. The van der Waals surface area contributed by atoms with Crippen molar-refractivity contribution >= 4 is 12.2 Å². The maximum Gasteiger partial charge on any atom is 0.337 e.